The number of ether oxygens (including phenoxy) is 6. The van der Waals surface area contributed by atoms with Crippen LogP contribution in [0.1, 0.15) is 20.8 Å². The van der Waals surface area contributed by atoms with Crippen LogP contribution in [0.3, 0.4) is 0 Å². The molecule has 2 atom stereocenters. The molecule has 0 spiro atoms. The fraction of sp³-hybridized carbons (Fsp3) is 0.905. The largest absolute Gasteiger partial charge is 0.377 e. The second-order valence-corrected chi connectivity index (χ2v) is 10.5. The Morgan fingerprint density at radius 1 is 0.853 bits per heavy atom. The highest BCUT2D eigenvalue weighted by molar-refractivity contribution is 8.84. The van der Waals surface area contributed by atoms with Crippen LogP contribution in [-0.2, 0) is 33.2 Å². The number of halogens is 1. The molecule has 0 saturated heterocycles. The quantitative estimate of drug-likeness (QED) is 0.0887. The maximum atomic E-state index is 13.6. The predicted molar refractivity (Wildman–Crippen MR) is 135 cm³/mol. The van der Waals surface area contributed by atoms with Gasteiger partial charge in [-0.3, -0.25) is 9.59 Å². The SMILES string of the molecule is CC[SH](S)C(=O)NCC(F)COCCOCCOCCOCCOCCNC(=O)COC(C)C. The van der Waals surface area contributed by atoms with Crippen molar-refractivity contribution in [2.75, 3.05) is 91.5 Å². The van der Waals surface area contributed by atoms with Gasteiger partial charge in [-0.05, 0) is 19.6 Å². The first-order valence-electron chi connectivity index (χ1n) is 11.5. The van der Waals surface area contributed by atoms with E-state index in [0.29, 0.717) is 65.2 Å². The summed E-state index contributed by atoms with van der Waals surface area (Å²) in [6, 6.07) is 0. The summed E-state index contributed by atoms with van der Waals surface area (Å²) in [5, 5.41) is 5.01. The number of carbonyl (C=O) groups excluding carboxylic acids is 2. The van der Waals surface area contributed by atoms with Crippen molar-refractivity contribution in [2.24, 2.45) is 0 Å². The van der Waals surface area contributed by atoms with Gasteiger partial charge in [-0.1, -0.05) is 6.92 Å². The van der Waals surface area contributed by atoms with Crippen molar-refractivity contribution >= 4 is 32.7 Å². The lowest BCUT2D eigenvalue weighted by molar-refractivity contribution is -0.127. The minimum Gasteiger partial charge on any atom is -0.377 e. The van der Waals surface area contributed by atoms with E-state index in [9.17, 15) is 14.0 Å². The molecule has 0 aromatic rings. The predicted octanol–water partition coefficient (Wildman–Crippen LogP) is 1.52. The average molecular weight is 535 g/mol. The Kier molecular flexibility index (Phi) is 23.6. The van der Waals surface area contributed by atoms with Crippen LogP contribution in [0.15, 0.2) is 0 Å². The summed E-state index contributed by atoms with van der Waals surface area (Å²) in [6.07, 6.45) is -1.24. The molecule has 0 aromatic heterocycles. The topological polar surface area (TPSA) is 114 Å². The van der Waals surface area contributed by atoms with E-state index in [1.54, 1.807) is 0 Å². The van der Waals surface area contributed by atoms with Gasteiger partial charge < -0.3 is 39.1 Å². The van der Waals surface area contributed by atoms with E-state index in [4.69, 9.17) is 28.4 Å². The molecule has 0 aliphatic rings. The molecule has 0 aliphatic carbocycles. The molecular weight excluding hydrogens is 491 g/mol. The Balaban J connectivity index is 3.25. The zero-order valence-corrected chi connectivity index (χ0v) is 22.4. The Labute approximate surface area is 210 Å². The lowest BCUT2D eigenvalue weighted by Crippen LogP contribution is -2.31. The number of hydrogen-bond acceptors (Lipinski definition) is 9. The van der Waals surface area contributed by atoms with E-state index in [2.05, 4.69) is 22.3 Å². The third-order valence-electron chi connectivity index (χ3n) is 3.91. The summed E-state index contributed by atoms with van der Waals surface area (Å²) in [5.41, 5.74) is 0. The standard InChI is InChI=1S/C21H43FN2O8S2/c1-4-34(33)21(26)24-15-19(22)16-31-14-13-30-12-11-29-10-9-28-8-7-27-6-5-23-20(25)17-32-18(2)3/h18-19,33-34H,4-17H2,1-3H3,(H,23,25)(H,24,26). The summed E-state index contributed by atoms with van der Waals surface area (Å²) in [7, 11) is -1.03. The Morgan fingerprint density at radius 3 is 1.85 bits per heavy atom. The van der Waals surface area contributed by atoms with E-state index < -0.39 is 16.1 Å². The zero-order chi connectivity index (χ0) is 25.4. The molecule has 0 bridgehead atoms. The molecule has 0 rings (SSSR count). The summed E-state index contributed by atoms with van der Waals surface area (Å²) in [6.45, 7) is 9.50. The molecule has 13 heteroatoms. The highest BCUT2D eigenvalue weighted by atomic mass is 33.1. The fourth-order valence-electron chi connectivity index (χ4n) is 2.14. The van der Waals surface area contributed by atoms with Crippen LogP contribution >= 0.6 is 21.6 Å². The third kappa shape index (κ3) is 23.1. The smallest absolute Gasteiger partial charge is 0.267 e. The summed E-state index contributed by atoms with van der Waals surface area (Å²) >= 11 is 4.16. The summed E-state index contributed by atoms with van der Waals surface area (Å²) in [4.78, 5) is 22.9. The van der Waals surface area contributed by atoms with Gasteiger partial charge in [-0.2, -0.15) is 0 Å². The van der Waals surface area contributed by atoms with Crippen molar-refractivity contribution in [3.8, 4) is 0 Å². The molecule has 2 unspecified atom stereocenters. The van der Waals surface area contributed by atoms with Crippen LogP contribution in [0.2, 0.25) is 0 Å². The second kappa shape index (κ2) is 24.0. The number of carbonyl (C=O) groups is 2. The first-order chi connectivity index (χ1) is 16.4. The van der Waals surface area contributed by atoms with Crippen molar-refractivity contribution < 1.29 is 42.4 Å². The third-order valence-corrected chi connectivity index (χ3v) is 6.53. The van der Waals surface area contributed by atoms with E-state index in [1.165, 1.54) is 0 Å². The lowest BCUT2D eigenvalue weighted by Gasteiger charge is -2.14. The first kappa shape index (κ1) is 33.3. The van der Waals surface area contributed by atoms with Crippen LogP contribution in [0.4, 0.5) is 9.18 Å². The number of hydrogen-bond donors (Lipinski definition) is 4. The van der Waals surface area contributed by atoms with Crippen molar-refractivity contribution in [2.45, 2.75) is 33.0 Å². The van der Waals surface area contributed by atoms with Crippen LogP contribution in [0.25, 0.3) is 0 Å². The van der Waals surface area contributed by atoms with Gasteiger partial charge in [-0.25, -0.2) is 4.39 Å². The van der Waals surface area contributed by atoms with Crippen LogP contribution < -0.4 is 10.6 Å². The van der Waals surface area contributed by atoms with Crippen molar-refractivity contribution in [3.05, 3.63) is 0 Å². The zero-order valence-electron chi connectivity index (χ0n) is 20.6. The van der Waals surface area contributed by atoms with E-state index >= 15 is 0 Å². The number of rotatable bonds is 23. The number of amides is 2. The molecular formula is C21H43FN2O8S2. The first-order valence-corrected chi connectivity index (χ1v) is 14.2. The van der Waals surface area contributed by atoms with E-state index in [1.807, 2.05) is 20.8 Å². The maximum absolute atomic E-state index is 13.6. The van der Waals surface area contributed by atoms with Gasteiger partial charge in [-0.15, -0.1) is 21.6 Å². The van der Waals surface area contributed by atoms with Crippen molar-refractivity contribution in [1.29, 1.82) is 0 Å². The molecule has 2 N–H and O–H groups in total. The molecule has 0 saturated carbocycles. The maximum Gasteiger partial charge on any atom is 0.267 e. The van der Waals surface area contributed by atoms with Gasteiger partial charge >= 0.3 is 0 Å². The Bertz CT molecular complexity index is 509. The average Bonchev–Trinajstić information content (AvgIpc) is 2.82. The van der Waals surface area contributed by atoms with Crippen LogP contribution in [-0.4, -0.2) is 115 Å². The molecule has 0 heterocycles. The van der Waals surface area contributed by atoms with Gasteiger partial charge in [0.2, 0.25) is 5.91 Å². The lowest BCUT2D eigenvalue weighted by atomic mass is 10.4. The minimum atomic E-state index is -1.26. The molecule has 0 radical (unpaired) electrons. The molecule has 0 aliphatic heterocycles. The van der Waals surface area contributed by atoms with Crippen LogP contribution in [0, 0.1) is 0 Å². The van der Waals surface area contributed by atoms with E-state index in [0.717, 1.165) is 0 Å². The van der Waals surface area contributed by atoms with Gasteiger partial charge in [0.05, 0.1) is 78.7 Å². The molecule has 204 valence electrons. The summed E-state index contributed by atoms with van der Waals surface area (Å²) in [5.74, 6) is 0.493. The number of alkyl halides is 1. The minimum absolute atomic E-state index is 0.0261. The van der Waals surface area contributed by atoms with Gasteiger partial charge in [0.25, 0.3) is 5.24 Å². The van der Waals surface area contributed by atoms with Crippen LogP contribution in [0.5, 0.6) is 0 Å². The van der Waals surface area contributed by atoms with Crippen molar-refractivity contribution in [1.82, 2.24) is 10.6 Å². The fourth-order valence-corrected chi connectivity index (χ4v) is 2.91. The normalized spacial score (nSPS) is 13.6. The summed E-state index contributed by atoms with van der Waals surface area (Å²) < 4.78 is 45.5. The Morgan fingerprint density at radius 2 is 1.35 bits per heavy atom. The molecule has 10 nitrogen and oxygen atoms in total. The van der Waals surface area contributed by atoms with Gasteiger partial charge in [0, 0.05) is 6.54 Å². The Hall–Kier alpha value is -0.670. The number of nitrogens with one attached hydrogen (secondary N) is 2. The monoisotopic (exact) mass is 534 g/mol. The van der Waals surface area contributed by atoms with Gasteiger partial charge in [0.1, 0.15) is 12.8 Å². The highest BCUT2D eigenvalue weighted by Gasteiger charge is 2.11. The molecule has 34 heavy (non-hydrogen) atoms. The molecule has 0 aromatic carbocycles. The highest BCUT2D eigenvalue weighted by Crippen LogP contribution is 2.29. The molecule has 0 fully saturated rings. The molecule has 2 amide bonds. The van der Waals surface area contributed by atoms with E-state index in [-0.39, 0.29) is 43.6 Å². The number of thiol groups is 2. The second-order valence-electron chi connectivity index (χ2n) is 7.23. The van der Waals surface area contributed by atoms with Gasteiger partial charge in [0.15, 0.2) is 0 Å². The van der Waals surface area contributed by atoms with Crippen molar-refractivity contribution in [3.63, 3.8) is 0 Å².